The number of ether oxygens (including phenoxy) is 1. The van der Waals surface area contributed by atoms with Crippen molar-refractivity contribution in [1.82, 2.24) is 14.9 Å². The zero-order valence-electron chi connectivity index (χ0n) is 23.0. The van der Waals surface area contributed by atoms with Gasteiger partial charge < -0.3 is 31.3 Å². The highest BCUT2D eigenvalue weighted by Gasteiger charge is 2.49. The summed E-state index contributed by atoms with van der Waals surface area (Å²) in [5.41, 5.74) is 13.4. The maximum Gasteiger partial charge on any atom is 0.219 e. The van der Waals surface area contributed by atoms with Gasteiger partial charge in [0.2, 0.25) is 5.88 Å². The van der Waals surface area contributed by atoms with Crippen LogP contribution in [0.15, 0.2) is 33.8 Å². The summed E-state index contributed by atoms with van der Waals surface area (Å²) in [4.78, 5) is 30.9. The van der Waals surface area contributed by atoms with Crippen molar-refractivity contribution >= 4 is 34.8 Å². The summed E-state index contributed by atoms with van der Waals surface area (Å²) in [5, 5.41) is 30.1. The first kappa shape index (κ1) is 28.9. The molecular weight excluding hydrogens is 542 g/mol. The van der Waals surface area contributed by atoms with E-state index in [0.717, 1.165) is 49.1 Å². The number of allylic oxidation sites excluding steroid dienone is 2. The van der Waals surface area contributed by atoms with Crippen LogP contribution in [0.3, 0.4) is 0 Å². The van der Waals surface area contributed by atoms with Gasteiger partial charge in [-0.25, -0.2) is 9.98 Å². The molecular formula is C29H35N7O4S. The lowest BCUT2D eigenvalue weighted by molar-refractivity contribution is -0.122. The number of likely N-dealkylation sites (tertiary alicyclic amines) is 1. The number of nitrogens with two attached hydrogens (primary N) is 2. The van der Waals surface area contributed by atoms with Crippen LogP contribution in [-0.4, -0.2) is 69.6 Å². The lowest BCUT2D eigenvalue weighted by atomic mass is 9.61. The number of rotatable bonds is 7. The van der Waals surface area contributed by atoms with E-state index in [9.17, 15) is 20.3 Å². The Morgan fingerprint density at radius 3 is 2.80 bits per heavy atom. The topological polar surface area (TPSA) is 184 Å². The predicted octanol–water partition coefficient (Wildman–Crippen LogP) is 2.44. The molecule has 12 heteroatoms. The molecule has 216 valence electrons. The predicted molar refractivity (Wildman–Crippen MR) is 155 cm³/mol. The van der Waals surface area contributed by atoms with E-state index in [1.165, 1.54) is 12.3 Å². The summed E-state index contributed by atoms with van der Waals surface area (Å²) in [6, 6.07) is 4.12. The SMILES string of the molecule is CN1CCC[C@H]1COc1cc(/N=C/C=C(\N)C(O)O)nc(/C(N)=C2\CCC[C@@]3(CCCc4scc(C#N)c43)C2=O)n1. The number of fused-ring (bicyclic) bond motifs is 2. The maximum absolute atomic E-state index is 14.2. The summed E-state index contributed by atoms with van der Waals surface area (Å²) < 4.78 is 6.06. The van der Waals surface area contributed by atoms with Crippen LogP contribution in [0.2, 0.25) is 0 Å². The third-order valence-corrected chi connectivity index (χ3v) is 9.38. The summed E-state index contributed by atoms with van der Waals surface area (Å²) in [7, 11) is 2.06. The van der Waals surface area contributed by atoms with Crippen LogP contribution in [0, 0.1) is 11.3 Å². The third-order valence-electron chi connectivity index (χ3n) is 8.33. The van der Waals surface area contributed by atoms with E-state index >= 15 is 0 Å². The molecule has 2 aliphatic carbocycles. The Hall–Kier alpha value is -3.63. The number of aliphatic hydroxyl groups excluding tert-OH is 1. The lowest BCUT2D eigenvalue weighted by Crippen LogP contribution is -2.43. The smallest absolute Gasteiger partial charge is 0.219 e. The van der Waals surface area contributed by atoms with Crippen LogP contribution >= 0.6 is 11.3 Å². The van der Waals surface area contributed by atoms with E-state index in [4.69, 9.17) is 16.2 Å². The minimum atomic E-state index is -1.81. The second-order valence-corrected chi connectivity index (χ2v) is 11.8. The summed E-state index contributed by atoms with van der Waals surface area (Å²) in [6.45, 7) is 1.43. The molecule has 2 aromatic rings. The minimum absolute atomic E-state index is 0.0581. The Bertz CT molecular complexity index is 1460. The number of aromatic nitrogens is 2. The van der Waals surface area contributed by atoms with Crippen molar-refractivity contribution in [1.29, 1.82) is 5.26 Å². The van der Waals surface area contributed by atoms with Crippen molar-refractivity contribution in [2.24, 2.45) is 16.5 Å². The molecule has 1 spiro atoms. The standard InChI is InChI=1S/C29H35N7O4S/c1-36-12-4-5-18(36)15-40-23-13-22(33-11-8-20(31)28(38)39)34-27(35-23)25(32)19-6-2-9-29(26(19)37)10-3-7-21-24(29)17(14-30)16-41-21/h8,11,13,16,18,28,38-39H,2-7,9-10,12,15,31-32H2,1H3/b20-8-,25-19-,33-11+/t18-,29-/m0/s1. The molecule has 5 rings (SSSR count). The molecule has 41 heavy (non-hydrogen) atoms. The first-order valence-corrected chi connectivity index (χ1v) is 14.7. The van der Waals surface area contributed by atoms with E-state index in [0.29, 0.717) is 37.0 Å². The summed E-state index contributed by atoms with van der Waals surface area (Å²) >= 11 is 1.56. The number of thiophene rings is 1. The van der Waals surface area contributed by atoms with Crippen molar-refractivity contribution in [3.8, 4) is 11.9 Å². The van der Waals surface area contributed by atoms with Gasteiger partial charge in [-0.05, 0) is 76.6 Å². The molecule has 2 atom stereocenters. The molecule has 0 aromatic carbocycles. The van der Waals surface area contributed by atoms with Crippen molar-refractivity contribution < 1.29 is 19.7 Å². The molecule has 1 aliphatic heterocycles. The summed E-state index contributed by atoms with van der Waals surface area (Å²) in [6.07, 6.45) is 7.22. The van der Waals surface area contributed by atoms with Gasteiger partial charge in [0.1, 0.15) is 12.7 Å². The van der Waals surface area contributed by atoms with Gasteiger partial charge in [-0.1, -0.05) is 0 Å². The number of aliphatic imine (C=N–C) groups is 1. The van der Waals surface area contributed by atoms with Gasteiger partial charge in [0.25, 0.3) is 0 Å². The first-order chi connectivity index (χ1) is 19.7. The number of hydrogen-bond donors (Lipinski definition) is 4. The van der Waals surface area contributed by atoms with Gasteiger partial charge in [-0.2, -0.15) is 10.2 Å². The Labute approximate surface area is 242 Å². The Kier molecular flexibility index (Phi) is 8.51. The number of aliphatic hydroxyl groups is 2. The average Bonchev–Trinajstić information content (AvgIpc) is 3.59. The molecule has 0 radical (unpaired) electrons. The highest BCUT2D eigenvalue weighted by atomic mass is 32.1. The van der Waals surface area contributed by atoms with Gasteiger partial charge in [-0.15, -0.1) is 11.3 Å². The molecule has 0 bridgehead atoms. The number of hydrogen-bond acceptors (Lipinski definition) is 12. The van der Waals surface area contributed by atoms with E-state index in [1.54, 1.807) is 17.4 Å². The Balaban J connectivity index is 1.52. The van der Waals surface area contributed by atoms with Gasteiger partial charge in [-0.3, -0.25) is 4.79 Å². The molecule has 1 saturated carbocycles. The van der Waals surface area contributed by atoms with Gasteiger partial charge in [0.05, 0.1) is 22.4 Å². The van der Waals surface area contributed by atoms with Crippen LogP contribution in [-0.2, 0) is 16.6 Å². The second-order valence-electron chi connectivity index (χ2n) is 10.9. The highest BCUT2D eigenvalue weighted by molar-refractivity contribution is 7.10. The van der Waals surface area contributed by atoms with Crippen LogP contribution < -0.4 is 16.2 Å². The van der Waals surface area contributed by atoms with Gasteiger partial charge in [0.15, 0.2) is 23.7 Å². The Morgan fingerprint density at radius 1 is 1.32 bits per heavy atom. The van der Waals surface area contributed by atoms with Crippen LogP contribution in [0.5, 0.6) is 5.88 Å². The average molecular weight is 578 g/mol. The van der Waals surface area contributed by atoms with Crippen LogP contribution in [0.1, 0.15) is 66.8 Å². The number of carbonyl (C=O) groups excluding carboxylic acids is 1. The fraction of sp³-hybridized carbons (Fsp3) is 0.483. The van der Waals surface area contributed by atoms with Crippen molar-refractivity contribution in [2.75, 3.05) is 20.2 Å². The van der Waals surface area contributed by atoms with E-state index < -0.39 is 11.7 Å². The lowest BCUT2D eigenvalue weighted by Gasteiger charge is -2.40. The third kappa shape index (κ3) is 5.76. The largest absolute Gasteiger partial charge is 0.476 e. The number of nitriles is 1. The number of Topliss-reactive ketones (excluding diaryl/α,β-unsaturated/α-hetero) is 1. The summed E-state index contributed by atoms with van der Waals surface area (Å²) in [5.74, 6) is 0.563. The molecule has 0 amide bonds. The fourth-order valence-electron chi connectivity index (χ4n) is 6.15. The van der Waals surface area contributed by atoms with E-state index in [1.807, 2.05) is 5.38 Å². The molecule has 6 N–H and O–H groups in total. The zero-order chi connectivity index (χ0) is 29.1. The molecule has 2 fully saturated rings. The zero-order valence-corrected chi connectivity index (χ0v) is 23.9. The molecule has 0 unspecified atom stereocenters. The number of carbonyl (C=O) groups is 1. The monoisotopic (exact) mass is 577 g/mol. The molecule has 11 nitrogen and oxygen atoms in total. The number of nitrogens with zero attached hydrogens (tertiary/aromatic N) is 5. The van der Waals surface area contributed by atoms with Crippen molar-refractivity contribution in [2.45, 2.75) is 69.1 Å². The number of ketones is 1. The van der Waals surface area contributed by atoms with E-state index in [2.05, 4.69) is 33.0 Å². The Morgan fingerprint density at radius 2 is 2.10 bits per heavy atom. The molecule has 2 aromatic heterocycles. The van der Waals surface area contributed by atoms with Crippen LogP contribution in [0.4, 0.5) is 5.82 Å². The second kappa shape index (κ2) is 12.1. The number of likely N-dealkylation sites (N-methyl/N-ethyl adjacent to an activating group) is 1. The normalized spacial score (nSPS) is 24.7. The van der Waals surface area contributed by atoms with Crippen LogP contribution in [0.25, 0.3) is 5.70 Å². The highest BCUT2D eigenvalue weighted by Crippen LogP contribution is 2.50. The molecule has 1 saturated heterocycles. The molecule has 3 heterocycles. The first-order valence-electron chi connectivity index (χ1n) is 13.9. The maximum atomic E-state index is 14.2. The van der Waals surface area contributed by atoms with Gasteiger partial charge >= 0.3 is 0 Å². The minimum Gasteiger partial charge on any atom is -0.476 e. The molecule has 3 aliphatic rings. The van der Waals surface area contributed by atoms with E-state index in [-0.39, 0.29) is 40.7 Å². The fourth-order valence-corrected chi connectivity index (χ4v) is 7.26. The number of aryl methyl sites for hydroxylation is 1. The quantitative estimate of drug-likeness (QED) is 0.216. The van der Waals surface area contributed by atoms with Crippen molar-refractivity contribution in [3.63, 3.8) is 0 Å². The van der Waals surface area contributed by atoms with Gasteiger partial charge in [0, 0.05) is 34.2 Å². The van der Waals surface area contributed by atoms with Crippen molar-refractivity contribution in [3.05, 3.63) is 50.6 Å².